The molecule has 6 unspecified atom stereocenters. The number of benzene rings is 3. The minimum absolute atomic E-state index is 0.0396. The highest BCUT2D eigenvalue weighted by atomic mass is 16.3. The van der Waals surface area contributed by atoms with E-state index < -0.39 is 0 Å². The van der Waals surface area contributed by atoms with Crippen molar-refractivity contribution in [3.8, 4) is 232 Å². The van der Waals surface area contributed by atoms with Gasteiger partial charge in [-0.1, -0.05) is 56.3 Å². The Kier molecular flexibility index (Phi) is 24.9. The number of phenolic OH excluding ortho intramolecular Hbond substituents is 3. The molecule has 9 heteroatoms. The fourth-order valence-electron chi connectivity index (χ4n) is 9.30. The summed E-state index contributed by atoms with van der Waals surface area (Å²) < 4.78 is 0. The quantitative estimate of drug-likeness (QED) is 0.200. The van der Waals surface area contributed by atoms with E-state index in [-0.39, 0.29) is 53.5 Å². The lowest BCUT2D eigenvalue weighted by molar-refractivity contribution is 0.389. The zero-order valence-corrected chi connectivity index (χ0v) is 47.1. The first kappa shape index (κ1) is 61.8. The lowest BCUT2D eigenvalue weighted by Crippen LogP contribution is -2.27. The van der Waals surface area contributed by atoms with E-state index in [1.165, 1.54) is 0 Å². The molecule has 9 nitrogen and oxygen atoms in total. The zero-order chi connectivity index (χ0) is 60.9. The van der Waals surface area contributed by atoms with Gasteiger partial charge in [0.25, 0.3) is 0 Å². The summed E-state index contributed by atoms with van der Waals surface area (Å²) in [5, 5.41) is 35.9. The zero-order valence-electron chi connectivity index (χ0n) is 47.1. The normalized spacial score (nSPS) is 19.8. The number of fused-ring (bicyclic) bond motifs is 9. The smallest absolute Gasteiger partial charge is 0.133 e. The molecule has 0 radical (unpaired) electrons. The van der Waals surface area contributed by atoms with Gasteiger partial charge in [0.2, 0.25) is 0 Å². The van der Waals surface area contributed by atoms with Gasteiger partial charge < -0.3 is 15.3 Å². The van der Waals surface area contributed by atoms with Crippen LogP contribution in [0.5, 0.6) is 17.2 Å². The van der Waals surface area contributed by atoms with Crippen molar-refractivity contribution < 1.29 is 15.3 Å². The summed E-state index contributed by atoms with van der Waals surface area (Å²) in [6, 6.07) is 8.89. The predicted octanol–water partition coefficient (Wildman–Crippen LogP) is 7.66. The van der Waals surface area contributed by atoms with Gasteiger partial charge in [0.05, 0.1) is 36.3 Å². The van der Waals surface area contributed by atoms with E-state index in [4.69, 9.17) is 49.2 Å². The molecule has 87 heavy (non-hydrogen) atoms. The van der Waals surface area contributed by atoms with E-state index in [9.17, 15) is 15.3 Å². The summed E-state index contributed by atoms with van der Waals surface area (Å²) in [5.74, 6) is 86.0. The van der Waals surface area contributed by atoms with Crippen molar-refractivity contribution >= 4 is 37.3 Å². The highest BCUT2D eigenvalue weighted by molar-refractivity contribution is 5.95. The lowest BCUT2D eigenvalue weighted by Gasteiger charge is -2.26. The second kappa shape index (κ2) is 35.1. The fourth-order valence-corrected chi connectivity index (χ4v) is 9.30. The van der Waals surface area contributed by atoms with Crippen LogP contribution in [-0.4, -0.2) is 88.9 Å². The second-order valence-electron chi connectivity index (χ2n) is 19.1. The largest absolute Gasteiger partial charge is 0.507 e. The topological polar surface area (TPSA) is 135 Å². The molecule has 0 amide bonds. The first-order valence-electron chi connectivity index (χ1n) is 27.5. The van der Waals surface area contributed by atoms with Gasteiger partial charge in [0.15, 0.2) is 0 Å². The lowest BCUT2D eigenvalue weighted by atomic mass is 9.91. The molecular formula is C78H48N6O3. The van der Waals surface area contributed by atoms with Crippen LogP contribution in [0.4, 0.5) is 0 Å². The molecule has 0 saturated heterocycles. The average Bonchev–Trinajstić information content (AvgIpc) is 3.59. The van der Waals surface area contributed by atoms with Gasteiger partial charge in [-0.2, -0.15) is 0 Å². The van der Waals surface area contributed by atoms with E-state index in [1.807, 2.05) is 0 Å². The van der Waals surface area contributed by atoms with E-state index in [1.54, 1.807) is 73.7 Å². The Hall–Kier alpha value is -12.8. The number of phenols is 3. The molecule has 3 fully saturated rings. The third-order valence-corrected chi connectivity index (χ3v) is 13.4. The molecule has 3 aromatic carbocycles. The first-order valence-corrected chi connectivity index (χ1v) is 27.5. The van der Waals surface area contributed by atoms with Crippen LogP contribution in [0, 0.1) is 215 Å². The van der Waals surface area contributed by atoms with Crippen molar-refractivity contribution in [2.75, 3.05) is 0 Å². The molecule has 1 aliphatic heterocycles. The number of terminal acetylenes is 3. The summed E-state index contributed by atoms with van der Waals surface area (Å²) >= 11 is 0. The molecule has 0 spiro atoms. The van der Waals surface area contributed by atoms with Gasteiger partial charge in [-0.15, -0.1) is 19.3 Å². The van der Waals surface area contributed by atoms with Gasteiger partial charge >= 0.3 is 0 Å². The predicted molar refractivity (Wildman–Crippen MR) is 348 cm³/mol. The monoisotopic (exact) mass is 1120 g/mol. The molecule has 0 aromatic heterocycles. The number of hydrogen-bond acceptors (Lipinski definition) is 9. The summed E-state index contributed by atoms with van der Waals surface area (Å²) in [6.45, 7) is 0. The van der Waals surface area contributed by atoms with Gasteiger partial charge in [0, 0.05) is 87.4 Å². The standard InChI is InChI=1S/C78H48N6O3/c1-4-7-10-13-16-19-22-25-28-31-40-61-49-64-55-79-70-43-34-36-45-72(70)81-57-66-51-62(41-32-29-26-23-20-17-14-11-8-5-2)53-68(77(66)86)59-83-74-47-38-39-48-75(74)84-60-69-54-63(42-33-30-27-24-21-18-15-12-9-6-3)52-67(78(69)87)58-82-73-46-37-35-44-71(73)80-56-65(50-61)76(64)85/h1-3,49-60,70-75,85-87H,34-39,43-48H2/b79-55+,80-56+,81-57+,82-58+,83-59+,84-60+. The van der Waals surface area contributed by atoms with Gasteiger partial charge in [-0.25, -0.2) is 0 Å². The molecule has 7 rings (SSSR count). The Morgan fingerprint density at radius 1 is 0.253 bits per heavy atom. The number of rotatable bonds is 0. The first-order chi connectivity index (χ1) is 42.8. The van der Waals surface area contributed by atoms with Crippen LogP contribution in [0.2, 0.25) is 0 Å². The van der Waals surface area contributed by atoms with Crippen molar-refractivity contribution in [3.05, 3.63) is 86.5 Å². The molecular weight excluding hydrogens is 1070 g/mol. The van der Waals surface area contributed by atoms with Crippen LogP contribution < -0.4 is 0 Å². The maximum absolute atomic E-state index is 12.0. The van der Waals surface area contributed by atoms with Crippen molar-refractivity contribution in [3.63, 3.8) is 0 Å². The summed E-state index contributed by atoms with van der Waals surface area (Å²) in [7, 11) is 0. The number of hydrogen-bond donors (Lipinski definition) is 3. The SMILES string of the molecule is C#CC#CC#CC#CC#CC#Cc1cc2c(O)c(c1)/C=N/C1CCCCC1/N=C/c1cc(C#CC#CC#CC#CC#CC#C)cc(c1O)/C=N/C1CCCCC1/N=C/c1cc(C#CC#CC#CC#CC#CC#C)cc(c1O)/C=N/C1CCCCC1/N=C/2. The Bertz CT molecular complexity index is 3990. The number of aliphatic imine (C=N–C) groups is 6. The molecule has 408 valence electrons. The molecule has 3 aliphatic carbocycles. The van der Waals surface area contributed by atoms with E-state index in [0.717, 1.165) is 77.0 Å². The molecule has 6 atom stereocenters. The van der Waals surface area contributed by atoms with Gasteiger partial charge in [-0.05, 0) is 253 Å². The Morgan fingerprint density at radius 3 is 0.586 bits per heavy atom. The van der Waals surface area contributed by atoms with Gasteiger partial charge in [-0.3, -0.25) is 30.0 Å². The molecule has 3 aromatic rings. The van der Waals surface area contributed by atoms with Crippen LogP contribution >= 0.6 is 0 Å². The van der Waals surface area contributed by atoms with Gasteiger partial charge in [0.1, 0.15) is 17.2 Å². The van der Waals surface area contributed by atoms with Crippen LogP contribution in [0.1, 0.15) is 127 Å². The van der Waals surface area contributed by atoms with Crippen LogP contribution in [0.25, 0.3) is 0 Å². The average molecular weight is 1120 g/mol. The third kappa shape index (κ3) is 20.6. The number of aromatic hydroxyl groups is 3. The minimum atomic E-state index is -0.260. The highest BCUT2D eigenvalue weighted by Gasteiger charge is 2.27. The fraction of sp³-hybridized carbons (Fsp3) is 0.231. The van der Waals surface area contributed by atoms with Crippen molar-refractivity contribution in [2.45, 2.75) is 113 Å². The second-order valence-corrected chi connectivity index (χ2v) is 19.1. The van der Waals surface area contributed by atoms with Crippen LogP contribution in [0.15, 0.2) is 66.4 Å². The van der Waals surface area contributed by atoms with E-state index in [2.05, 4.69) is 195 Å². The Balaban J connectivity index is 1.35. The molecule has 4 aliphatic rings. The van der Waals surface area contributed by atoms with Crippen LogP contribution in [0.3, 0.4) is 0 Å². The maximum atomic E-state index is 12.0. The van der Waals surface area contributed by atoms with Crippen molar-refractivity contribution in [1.29, 1.82) is 0 Å². The van der Waals surface area contributed by atoms with E-state index in [0.29, 0.717) is 50.1 Å². The minimum Gasteiger partial charge on any atom is -0.507 e. The van der Waals surface area contributed by atoms with E-state index >= 15 is 0 Å². The molecule has 6 bridgehead atoms. The molecule has 1 heterocycles. The Labute approximate surface area is 511 Å². The van der Waals surface area contributed by atoms with Crippen molar-refractivity contribution in [1.82, 2.24) is 0 Å². The highest BCUT2D eigenvalue weighted by Crippen LogP contribution is 2.31. The number of nitrogens with zero attached hydrogens (tertiary/aromatic N) is 6. The molecule has 3 saturated carbocycles. The maximum Gasteiger partial charge on any atom is 0.133 e. The third-order valence-electron chi connectivity index (χ3n) is 13.4. The summed E-state index contributed by atoms with van der Waals surface area (Å²) in [6.07, 6.45) is 35.3. The van der Waals surface area contributed by atoms with Crippen LogP contribution in [-0.2, 0) is 0 Å². The summed E-state index contributed by atoms with van der Waals surface area (Å²) in [5.41, 5.74) is 4.14. The Morgan fingerprint density at radius 2 is 0.414 bits per heavy atom. The van der Waals surface area contributed by atoms with Crippen molar-refractivity contribution in [2.24, 2.45) is 30.0 Å². The summed E-state index contributed by atoms with van der Waals surface area (Å²) in [4.78, 5) is 30.3. The molecule has 3 N–H and O–H groups in total.